The van der Waals surface area contributed by atoms with Crippen LogP contribution in [0.4, 0.5) is 0 Å². The molecule has 1 aromatic heterocycles. The number of carbonyl (C=O) groups is 1. The lowest BCUT2D eigenvalue weighted by Gasteiger charge is -2.07. The number of thiophene rings is 1. The number of aryl methyl sites for hydroxylation is 3. The van der Waals surface area contributed by atoms with E-state index in [4.69, 9.17) is 4.74 Å². The Hall–Kier alpha value is -2.13. The van der Waals surface area contributed by atoms with Gasteiger partial charge in [-0.15, -0.1) is 11.3 Å². The van der Waals surface area contributed by atoms with Gasteiger partial charge in [-0.1, -0.05) is 47.5 Å². The van der Waals surface area contributed by atoms with Crippen molar-refractivity contribution in [3.63, 3.8) is 0 Å². The Morgan fingerprint density at radius 2 is 1.73 bits per heavy atom. The number of rotatable bonds is 2. The molecule has 0 aliphatic carbocycles. The van der Waals surface area contributed by atoms with Gasteiger partial charge in [-0.05, 0) is 42.8 Å². The fourth-order valence-electron chi connectivity index (χ4n) is 2.89. The van der Waals surface area contributed by atoms with Gasteiger partial charge < -0.3 is 4.74 Å². The highest BCUT2D eigenvalue weighted by Gasteiger charge is 2.18. The third kappa shape index (κ3) is 2.42. The van der Waals surface area contributed by atoms with Crippen LogP contribution in [0, 0.1) is 20.8 Å². The SMILES string of the molecule is COC(=O)c1sc2c(-c3cc(C)cc(C)c3)cccc2c1C. The van der Waals surface area contributed by atoms with Crippen molar-refractivity contribution in [2.45, 2.75) is 20.8 Å². The molecule has 0 saturated carbocycles. The Bertz CT molecular complexity index is 854. The van der Waals surface area contributed by atoms with Crippen molar-refractivity contribution in [2.75, 3.05) is 7.11 Å². The van der Waals surface area contributed by atoms with E-state index in [0.29, 0.717) is 4.88 Å². The molecule has 0 amide bonds. The van der Waals surface area contributed by atoms with Gasteiger partial charge in [0.05, 0.1) is 7.11 Å². The van der Waals surface area contributed by atoms with Crippen molar-refractivity contribution in [1.29, 1.82) is 0 Å². The van der Waals surface area contributed by atoms with Gasteiger partial charge in [0.25, 0.3) is 0 Å². The average Bonchev–Trinajstić information content (AvgIpc) is 2.83. The lowest BCUT2D eigenvalue weighted by atomic mass is 9.99. The number of ether oxygens (including phenoxy) is 1. The molecule has 0 fully saturated rings. The molecular formula is C19H18O2S. The molecule has 0 aliphatic heterocycles. The first-order chi connectivity index (χ1) is 10.5. The van der Waals surface area contributed by atoms with E-state index in [1.54, 1.807) is 0 Å². The predicted octanol–water partition coefficient (Wildman–Crippen LogP) is 5.28. The first-order valence-electron chi connectivity index (χ1n) is 7.20. The monoisotopic (exact) mass is 310 g/mol. The maximum atomic E-state index is 11.9. The van der Waals surface area contributed by atoms with Gasteiger partial charge in [-0.2, -0.15) is 0 Å². The topological polar surface area (TPSA) is 26.3 Å². The maximum Gasteiger partial charge on any atom is 0.348 e. The minimum absolute atomic E-state index is 0.259. The molecule has 112 valence electrons. The summed E-state index contributed by atoms with van der Waals surface area (Å²) >= 11 is 1.52. The van der Waals surface area contributed by atoms with E-state index >= 15 is 0 Å². The molecular weight excluding hydrogens is 292 g/mol. The lowest BCUT2D eigenvalue weighted by Crippen LogP contribution is -1.99. The summed E-state index contributed by atoms with van der Waals surface area (Å²) in [4.78, 5) is 12.6. The molecule has 0 aliphatic rings. The fourth-order valence-corrected chi connectivity index (χ4v) is 4.15. The van der Waals surface area contributed by atoms with Gasteiger partial charge >= 0.3 is 5.97 Å². The zero-order valence-corrected chi connectivity index (χ0v) is 14.0. The van der Waals surface area contributed by atoms with E-state index in [-0.39, 0.29) is 5.97 Å². The summed E-state index contributed by atoms with van der Waals surface area (Å²) in [6.45, 7) is 6.20. The van der Waals surface area contributed by atoms with Crippen molar-refractivity contribution in [3.05, 3.63) is 58.0 Å². The highest BCUT2D eigenvalue weighted by atomic mass is 32.1. The van der Waals surface area contributed by atoms with Crippen LogP contribution in [0.1, 0.15) is 26.4 Å². The van der Waals surface area contributed by atoms with Crippen LogP contribution in [-0.4, -0.2) is 13.1 Å². The molecule has 3 heteroatoms. The molecule has 0 bridgehead atoms. The summed E-state index contributed by atoms with van der Waals surface area (Å²) < 4.78 is 6.05. The third-order valence-electron chi connectivity index (χ3n) is 3.87. The Kier molecular flexibility index (Phi) is 3.75. The smallest absolute Gasteiger partial charge is 0.348 e. The Morgan fingerprint density at radius 1 is 1.05 bits per heavy atom. The first-order valence-corrected chi connectivity index (χ1v) is 8.02. The van der Waals surface area contributed by atoms with Crippen LogP contribution in [0.15, 0.2) is 36.4 Å². The molecule has 22 heavy (non-hydrogen) atoms. The normalized spacial score (nSPS) is 10.9. The first kappa shape index (κ1) is 14.8. The van der Waals surface area contributed by atoms with Gasteiger partial charge in [-0.25, -0.2) is 4.79 Å². The summed E-state index contributed by atoms with van der Waals surface area (Å²) in [5.74, 6) is -0.259. The highest BCUT2D eigenvalue weighted by molar-refractivity contribution is 7.21. The Morgan fingerprint density at radius 3 is 2.36 bits per heavy atom. The molecule has 3 rings (SSSR count). The van der Waals surface area contributed by atoms with Crippen LogP contribution in [0.5, 0.6) is 0 Å². The van der Waals surface area contributed by atoms with Crippen molar-refractivity contribution in [2.24, 2.45) is 0 Å². The number of carbonyl (C=O) groups excluding carboxylic acids is 1. The second-order valence-electron chi connectivity index (χ2n) is 5.61. The number of benzene rings is 2. The number of hydrogen-bond acceptors (Lipinski definition) is 3. The van der Waals surface area contributed by atoms with Crippen LogP contribution in [0.25, 0.3) is 21.2 Å². The summed E-state index contributed by atoms with van der Waals surface area (Å²) in [7, 11) is 1.43. The molecule has 3 aromatic rings. The summed E-state index contributed by atoms with van der Waals surface area (Å²) in [6.07, 6.45) is 0. The molecule has 1 heterocycles. The molecule has 0 radical (unpaired) electrons. The van der Waals surface area contributed by atoms with Crippen molar-refractivity contribution < 1.29 is 9.53 Å². The van der Waals surface area contributed by atoms with Gasteiger partial charge in [0.2, 0.25) is 0 Å². The van der Waals surface area contributed by atoms with Gasteiger partial charge in [-0.3, -0.25) is 0 Å². The molecule has 0 unspecified atom stereocenters. The number of esters is 1. The van der Waals surface area contributed by atoms with E-state index in [9.17, 15) is 4.79 Å². The van der Waals surface area contributed by atoms with E-state index < -0.39 is 0 Å². The molecule has 2 nitrogen and oxygen atoms in total. The van der Waals surface area contributed by atoms with Crippen LogP contribution in [-0.2, 0) is 4.74 Å². The standard InChI is InChI=1S/C19H18O2S/c1-11-8-12(2)10-14(9-11)16-7-5-6-15-13(3)17(19(20)21-4)22-18(15)16/h5-10H,1-4H3. The minimum Gasteiger partial charge on any atom is -0.465 e. The fraction of sp³-hybridized carbons (Fsp3) is 0.211. The van der Waals surface area contributed by atoms with Crippen molar-refractivity contribution in [1.82, 2.24) is 0 Å². The molecule has 2 aromatic carbocycles. The van der Waals surface area contributed by atoms with Crippen molar-refractivity contribution in [3.8, 4) is 11.1 Å². The molecule has 0 spiro atoms. The zero-order valence-electron chi connectivity index (χ0n) is 13.2. The molecule has 0 atom stereocenters. The highest BCUT2D eigenvalue weighted by Crippen LogP contribution is 2.38. The van der Waals surface area contributed by atoms with Gasteiger partial charge in [0.1, 0.15) is 4.88 Å². The van der Waals surface area contributed by atoms with E-state index in [0.717, 1.165) is 15.6 Å². The predicted molar refractivity (Wildman–Crippen MR) is 92.8 cm³/mol. The molecule has 0 N–H and O–H groups in total. The second-order valence-corrected chi connectivity index (χ2v) is 6.63. The lowest BCUT2D eigenvalue weighted by molar-refractivity contribution is 0.0605. The van der Waals surface area contributed by atoms with E-state index in [1.807, 2.05) is 6.92 Å². The Labute approximate surface area is 134 Å². The quantitative estimate of drug-likeness (QED) is 0.602. The summed E-state index contributed by atoms with van der Waals surface area (Å²) in [5.41, 5.74) is 5.85. The van der Waals surface area contributed by atoms with Crippen LogP contribution in [0.2, 0.25) is 0 Å². The number of fused-ring (bicyclic) bond motifs is 1. The summed E-state index contributed by atoms with van der Waals surface area (Å²) in [6, 6.07) is 12.8. The number of hydrogen-bond donors (Lipinski definition) is 0. The average molecular weight is 310 g/mol. The second kappa shape index (κ2) is 5.58. The van der Waals surface area contributed by atoms with Crippen LogP contribution < -0.4 is 0 Å². The third-order valence-corrected chi connectivity index (χ3v) is 5.19. The minimum atomic E-state index is -0.259. The molecule has 0 saturated heterocycles. The van der Waals surface area contributed by atoms with E-state index in [2.05, 4.69) is 50.2 Å². The largest absolute Gasteiger partial charge is 0.465 e. The number of methoxy groups -OCH3 is 1. The summed E-state index contributed by atoms with van der Waals surface area (Å²) in [5, 5.41) is 1.13. The zero-order chi connectivity index (χ0) is 15.9. The van der Waals surface area contributed by atoms with E-state index in [1.165, 1.54) is 40.7 Å². The maximum absolute atomic E-state index is 11.9. The van der Waals surface area contributed by atoms with Gasteiger partial charge in [0.15, 0.2) is 0 Å². The van der Waals surface area contributed by atoms with Crippen LogP contribution in [0.3, 0.4) is 0 Å². The Balaban J connectivity index is 2.29. The van der Waals surface area contributed by atoms with Gasteiger partial charge in [0, 0.05) is 4.70 Å². The van der Waals surface area contributed by atoms with Crippen LogP contribution >= 0.6 is 11.3 Å². The van der Waals surface area contributed by atoms with Crippen molar-refractivity contribution >= 4 is 27.4 Å².